The van der Waals surface area contributed by atoms with Crippen LogP contribution in [-0.4, -0.2) is 20.7 Å². The number of carbonyl (C=O) groups is 1. The van der Waals surface area contributed by atoms with Gasteiger partial charge in [0.1, 0.15) is 0 Å². The fraction of sp³-hybridized carbons (Fsp3) is 0.417. The van der Waals surface area contributed by atoms with Crippen LogP contribution in [0.4, 0.5) is 5.13 Å². The Morgan fingerprint density at radius 1 is 1.44 bits per heavy atom. The molecular formula is C12H16N4OS. The smallest absolute Gasteiger partial charge is 0.230 e. The molecule has 96 valence electrons. The minimum absolute atomic E-state index is 0.0523. The zero-order valence-electron chi connectivity index (χ0n) is 10.9. The van der Waals surface area contributed by atoms with Crippen LogP contribution < -0.4 is 5.32 Å². The van der Waals surface area contributed by atoms with Gasteiger partial charge in [-0.1, -0.05) is 0 Å². The molecular weight excluding hydrogens is 248 g/mol. The lowest BCUT2D eigenvalue weighted by Gasteiger charge is -2.02. The molecule has 0 aliphatic heterocycles. The highest BCUT2D eigenvalue weighted by molar-refractivity contribution is 7.15. The molecule has 6 heteroatoms. The molecule has 5 nitrogen and oxygen atoms in total. The van der Waals surface area contributed by atoms with Gasteiger partial charge in [0, 0.05) is 29.4 Å². The van der Waals surface area contributed by atoms with Gasteiger partial charge >= 0.3 is 0 Å². The lowest BCUT2D eigenvalue weighted by molar-refractivity contribution is -0.115. The van der Waals surface area contributed by atoms with Crippen molar-refractivity contribution < 1.29 is 4.79 Å². The van der Waals surface area contributed by atoms with Gasteiger partial charge in [-0.2, -0.15) is 5.10 Å². The highest BCUT2D eigenvalue weighted by atomic mass is 32.1. The summed E-state index contributed by atoms with van der Waals surface area (Å²) in [4.78, 5) is 17.1. The van der Waals surface area contributed by atoms with Gasteiger partial charge < -0.3 is 5.32 Å². The minimum atomic E-state index is -0.0523. The van der Waals surface area contributed by atoms with Gasteiger partial charge in [-0.15, -0.1) is 11.3 Å². The van der Waals surface area contributed by atoms with Crippen molar-refractivity contribution in [2.45, 2.75) is 27.2 Å². The molecule has 0 radical (unpaired) electrons. The molecule has 0 spiro atoms. The minimum Gasteiger partial charge on any atom is -0.302 e. The molecule has 1 N–H and O–H groups in total. The molecule has 0 fully saturated rings. The Morgan fingerprint density at radius 2 is 2.17 bits per heavy atom. The van der Waals surface area contributed by atoms with E-state index in [2.05, 4.69) is 15.4 Å². The van der Waals surface area contributed by atoms with Gasteiger partial charge in [0.05, 0.1) is 12.1 Å². The first-order chi connectivity index (χ1) is 8.47. The third-order valence-corrected chi connectivity index (χ3v) is 3.69. The van der Waals surface area contributed by atoms with Crippen LogP contribution in [0.25, 0.3) is 0 Å². The largest absolute Gasteiger partial charge is 0.302 e. The van der Waals surface area contributed by atoms with E-state index >= 15 is 0 Å². The summed E-state index contributed by atoms with van der Waals surface area (Å²) >= 11 is 1.48. The summed E-state index contributed by atoms with van der Waals surface area (Å²) in [5, 5.41) is 7.75. The first-order valence-electron chi connectivity index (χ1n) is 5.68. The van der Waals surface area contributed by atoms with Gasteiger partial charge in [-0.05, 0) is 20.8 Å². The number of nitrogens with zero attached hydrogens (tertiary/aromatic N) is 3. The topological polar surface area (TPSA) is 59.8 Å². The standard InChI is InChI=1S/C12H16N4OS/c1-7-6-13-12(18-7)14-11(17)5-10-8(2)15-16(4)9(10)3/h6H,5H2,1-4H3,(H,13,14,17). The monoisotopic (exact) mass is 264 g/mol. The zero-order valence-corrected chi connectivity index (χ0v) is 11.8. The first kappa shape index (κ1) is 12.8. The molecule has 0 aromatic carbocycles. The number of thiazole rings is 1. The van der Waals surface area contributed by atoms with Crippen LogP contribution in [-0.2, 0) is 18.3 Å². The Morgan fingerprint density at radius 3 is 2.67 bits per heavy atom. The number of anilines is 1. The zero-order chi connectivity index (χ0) is 13.3. The predicted octanol–water partition coefficient (Wildman–Crippen LogP) is 1.98. The Kier molecular flexibility index (Phi) is 3.47. The second-order valence-electron chi connectivity index (χ2n) is 4.27. The van der Waals surface area contributed by atoms with Crippen molar-refractivity contribution in [2.75, 3.05) is 5.32 Å². The van der Waals surface area contributed by atoms with Crippen LogP contribution in [0.2, 0.25) is 0 Å². The van der Waals surface area contributed by atoms with Gasteiger partial charge in [0.15, 0.2) is 5.13 Å². The molecule has 0 aliphatic carbocycles. The van der Waals surface area contributed by atoms with Crippen LogP contribution in [0.5, 0.6) is 0 Å². The highest BCUT2D eigenvalue weighted by Crippen LogP contribution is 2.18. The van der Waals surface area contributed by atoms with Crippen LogP contribution in [0.15, 0.2) is 6.20 Å². The Balaban J connectivity index is 2.07. The number of rotatable bonds is 3. The molecule has 0 saturated carbocycles. The molecule has 1 amide bonds. The van der Waals surface area contributed by atoms with Crippen molar-refractivity contribution in [1.29, 1.82) is 0 Å². The summed E-state index contributed by atoms with van der Waals surface area (Å²) in [5.74, 6) is -0.0523. The number of nitrogens with one attached hydrogen (secondary N) is 1. The molecule has 2 aromatic rings. The predicted molar refractivity (Wildman–Crippen MR) is 71.9 cm³/mol. The average molecular weight is 264 g/mol. The Hall–Kier alpha value is -1.69. The summed E-state index contributed by atoms with van der Waals surface area (Å²) in [6.45, 7) is 5.85. The summed E-state index contributed by atoms with van der Waals surface area (Å²) < 4.78 is 1.80. The number of hydrogen-bond donors (Lipinski definition) is 1. The highest BCUT2D eigenvalue weighted by Gasteiger charge is 2.14. The summed E-state index contributed by atoms with van der Waals surface area (Å²) in [7, 11) is 1.88. The van der Waals surface area contributed by atoms with Crippen molar-refractivity contribution in [2.24, 2.45) is 7.05 Å². The third kappa shape index (κ3) is 2.59. The summed E-state index contributed by atoms with van der Waals surface area (Å²) in [6.07, 6.45) is 2.09. The maximum atomic E-state index is 11.9. The number of amides is 1. The van der Waals surface area contributed by atoms with Crippen molar-refractivity contribution >= 4 is 22.4 Å². The number of aryl methyl sites for hydroxylation is 3. The quantitative estimate of drug-likeness (QED) is 0.922. The summed E-state index contributed by atoms with van der Waals surface area (Å²) in [6, 6.07) is 0. The molecule has 0 saturated heterocycles. The van der Waals surface area contributed by atoms with E-state index in [1.165, 1.54) is 11.3 Å². The van der Waals surface area contributed by atoms with Crippen LogP contribution >= 0.6 is 11.3 Å². The normalized spacial score (nSPS) is 10.7. The molecule has 18 heavy (non-hydrogen) atoms. The molecule has 2 heterocycles. The Labute approximate surface area is 110 Å². The van der Waals surface area contributed by atoms with E-state index in [-0.39, 0.29) is 5.91 Å². The molecule has 0 atom stereocenters. The first-order valence-corrected chi connectivity index (χ1v) is 6.50. The van der Waals surface area contributed by atoms with E-state index in [0.717, 1.165) is 21.8 Å². The third-order valence-electron chi connectivity index (χ3n) is 2.86. The Bertz CT molecular complexity index is 585. The van der Waals surface area contributed by atoms with Crippen LogP contribution in [0.3, 0.4) is 0 Å². The van der Waals surface area contributed by atoms with E-state index in [1.54, 1.807) is 10.9 Å². The van der Waals surface area contributed by atoms with Crippen molar-refractivity contribution in [1.82, 2.24) is 14.8 Å². The number of hydrogen-bond acceptors (Lipinski definition) is 4. The lowest BCUT2D eigenvalue weighted by atomic mass is 10.1. The molecule has 2 rings (SSSR count). The fourth-order valence-electron chi connectivity index (χ4n) is 1.81. The lowest BCUT2D eigenvalue weighted by Crippen LogP contribution is -2.15. The molecule has 2 aromatic heterocycles. The average Bonchev–Trinajstić information content (AvgIpc) is 2.78. The second-order valence-corrected chi connectivity index (χ2v) is 5.51. The van der Waals surface area contributed by atoms with Gasteiger partial charge in [-0.3, -0.25) is 9.48 Å². The maximum absolute atomic E-state index is 11.9. The van der Waals surface area contributed by atoms with Crippen LogP contribution in [0, 0.1) is 20.8 Å². The van der Waals surface area contributed by atoms with Gasteiger partial charge in [-0.25, -0.2) is 4.98 Å². The van der Waals surface area contributed by atoms with E-state index in [1.807, 2.05) is 27.8 Å². The molecule has 0 bridgehead atoms. The number of carbonyl (C=O) groups excluding carboxylic acids is 1. The SMILES string of the molecule is Cc1cnc(NC(=O)Cc2c(C)nn(C)c2C)s1. The maximum Gasteiger partial charge on any atom is 0.230 e. The van der Waals surface area contributed by atoms with Gasteiger partial charge in [0.25, 0.3) is 0 Å². The van der Waals surface area contributed by atoms with E-state index in [4.69, 9.17) is 0 Å². The summed E-state index contributed by atoms with van der Waals surface area (Å²) in [5.41, 5.74) is 2.92. The van der Waals surface area contributed by atoms with E-state index < -0.39 is 0 Å². The second kappa shape index (κ2) is 4.89. The molecule has 0 aliphatic rings. The van der Waals surface area contributed by atoms with Crippen LogP contribution in [0.1, 0.15) is 21.8 Å². The van der Waals surface area contributed by atoms with Crippen molar-refractivity contribution in [3.05, 3.63) is 28.0 Å². The van der Waals surface area contributed by atoms with E-state index in [0.29, 0.717) is 11.6 Å². The van der Waals surface area contributed by atoms with Crippen molar-refractivity contribution in [3.8, 4) is 0 Å². The fourth-order valence-corrected chi connectivity index (χ4v) is 2.49. The number of aromatic nitrogens is 3. The van der Waals surface area contributed by atoms with E-state index in [9.17, 15) is 4.79 Å². The molecule has 0 unspecified atom stereocenters. The van der Waals surface area contributed by atoms with Gasteiger partial charge in [0.2, 0.25) is 5.91 Å². The van der Waals surface area contributed by atoms with Crippen molar-refractivity contribution in [3.63, 3.8) is 0 Å².